The zero-order valence-corrected chi connectivity index (χ0v) is 18.7. The smallest absolute Gasteiger partial charge is 0.262 e. The fourth-order valence-corrected chi connectivity index (χ4v) is 4.24. The van der Waals surface area contributed by atoms with Gasteiger partial charge in [-0.15, -0.1) is 0 Å². The molecule has 0 bridgehead atoms. The van der Waals surface area contributed by atoms with Crippen molar-refractivity contribution in [2.75, 3.05) is 12.0 Å². The van der Waals surface area contributed by atoms with Gasteiger partial charge in [-0.3, -0.25) is 9.69 Å². The highest BCUT2D eigenvalue weighted by atomic mass is 79.9. The van der Waals surface area contributed by atoms with Crippen LogP contribution in [0, 0.1) is 13.8 Å². The number of methoxy groups -OCH3 is 1. The first-order chi connectivity index (χ1) is 14.5. The van der Waals surface area contributed by atoms with Crippen LogP contribution < -0.4 is 9.64 Å². The number of rotatable bonds is 4. The number of aryl methyl sites for hydroxylation is 2. The van der Waals surface area contributed by atoms with E-state index < -0.39 is 0 Å². The average Bonchev–Trinajstić information content (AvgIpc) is 3.05. The van der Waals surface area contributed by atoms with Crippen molar-refractivity contribution in [3.63, 3.8) is 0 Å². The molecular formula is C26H22BrNO2. The van der Waals surface area contributed by atoms with Gasteiger partial charge in [-0.1, -0.05) is 54.1 Å². The number of hydrogen-bond acceptors (Lipinski definition) is 2. The van der Waals surface area contributed by atoms with Crippen molar-refractivity contribution in [2.24, 2.45) is 0 Å². The van der Waals surface area contributed by atoms with Crippen LogP contribution in [-0.2, 0) is 4.79 Å². The maximum atomic E-state index is 13.5. The molecule has 4 heteroatoms. The number of halogens is 1. The van der Waals surface area contributed by atoms with Gasteiger partial charge in [-0.05, 0) is 76.8 Å². The summed E-state index contributed by atoms with van der Waals surface area (Å²) in [4.78, 5) is 15.3. The molecule has 0 atom stereocenters. The van der Waals surface area contributed by atoms with Crippen LogP contribution in [0.15, 0.2) is 82.9 Å². The van der Waals surface area contributed by atoms with E-state index in [2.05, 4.69) is 28.9 Å². The van der Waals surface area contributed by atoms with Crippen molar-refractivity contribution >= 4 is 39.3 Å². The number of amides is 1. The topological polar surface area (TPSA) is 29.5 Å². The van der Waals surface area contributed by atoms with Crippen molar-refractivity contribution in [2.45, 2.75) is 13.8 Å². The number of ether oxygens (including phenoxy) is 1. The predicted molar refractivity (Wildman–Crippen MR) is 126 cm³/mol. The minimum atomic E-state index is -0.0345. The zero-order valence-electron chi connectivity index (χ0n) is 17.1. The molecule has 0 radical (unpaired) electrons. The van der Waals surface area contributed by atoms with E-state index in [0.29, 0.717) is 5.57 Å². The van der Waals surface area contributed by atoms with E-state index in [-0.39, 0.29) is 5.91 Å². The lowest BCUT2D eigenvalue weighted by Crippen LogP contribution is -2.25. The Morgan fingerprint density at radius 1 is 0.967 bits per heavy atom. The fraction of sp³-hybridized carbons (Fsp3) is 0.115. The Kier molecular flexibility index (Phi) is 5.60. The molecule has 4 rings (SSSR count). The van der Waals surface area contributed by atoms with E-state index in [0.717, 1.165) is 38.3 Å². The van der Waals surface area contributed by atoms with Gasteiger partial charge in [0.1, 0.15) is 5.75 Å². The number of carbonyl (C=O) groups excluding carboxylic acids is 1. The first kappa shape index (κ1) is 20.2. The highest BCUT2D eigenvalue weighted by Crippen LogP contribution is 2.37. The highest BCUT2D eigenvalue weighted by molar-refractivity contribution is 9.10. The highest BCUT2D eigenvalue weighted by Gasteiger charge is 2.31. The third-order valence-corrected chi connectivity index (χ3v) is 5.76. The quantitative estimate of drug-likeness (QED) is 0.414. The van der Waals surface area contributed by atoms with Gasteiger partial charge < -0.3 is 4.74 Å². The van der Waals surface area contributed by atoms with Gasteiger partial charge in [0.15, 0.2) is 0 Å². The van der Waals surface area contributed by atoms with E-state index in [1.54, 1.807) is 7.11 Å². The Morgan fingerprint density at radius 3 is 2.40 bits per heavy atom. The Morgan fingerprint density at radius 2 is 1.73 bits per heavy atom. The van der Waals surface area contributed by atoms with Gasteiger partial charge in [-0.2, -0.15) is 0 Å². The molecule has 3 nitrogen and oxygen atoms in total. The van der Waals surface area contributed by atoms with E-state index in [4.69, 9.17) is 4.74 Å². The maximum absolute atomic E-state index is 13.5. The molecule has 0 aromatic heterocycles. The third kappa shape index (κ3) is 3.83. The molecule has 0 N–H and O–H groups in total. The van der Waals surface area contributed by atoms with Crippen molar-refractivity contribution in [1.82, 2.24) is 0 Å². The predicted octanol–water partition coefficient (Wildman–Crippen LogP) is 6.55. The summed E-state index contributed by atoms with van der Waals surface area (Å²) in [5.41, 5.74) is 6.60. The molecular weight excluding hydrogens is 438 g/mol. The Hall–Kier alpha value is -3.11. The zero-order chi connectivity index (χ0) is 21.3. The summed E-state index contributed by atoms with van der Waals surface area (Å²) in [5, 5.41) is 0. The van der Waals surface area contributed by atoms with Gasteiger partial charge in [0.2, 0.25) is 0 Å². The van der Waals surface area contributed by atoms with Crippen molar-refractivity contribution < 1.29 is 9.53 Å². The molecule has 1 aliphatic rings. The summed E-state index contributed by atoms with van der Waals surface area (Å²) in [6, 6.07) is 22.0. The lowest BCUT2D eigenvalue weighted by molar-refractivity contribution is -0.113. The van der Waals surface area contributed by atoms with Gasteiger partial charge in [0.25, 0.3) is 5.91 Å². The first-order valence-electron chi connectivity index (χ1n) is 9.72. The summed E-state index contributed by atoms with van der Waals surface area (Å²) in [7, 11) is 1.63. The van der Waals surface area contributed by atoms with Crippen LogP contribution in [-0.4, -0.2) is 13.0 Å². The molecule has 0 fully saturated rings. The largest absolute Gasteiger partial charge is 0.496 e. The van der Waals surface area contributed by atoms with Crippen LogP contribution in [0.2, 0.25) is 0 Å². The summed E-state index contributed by atoms with van der Waals surface area (Å²) < 4.78 is 6.16. The van der Waals surface area contributed by atoms with Crippen LogP contribution in [0.4, 0.5) is 5.69 Å². The second kappa shape index (κ2) is 8.33. The van der Waals surface area contributed by atoms with E-state index in [9.17, 15) is 4.79 Å². The van der Waals surface area contributed by atoms with Gasteiger partial charge in [0.05, 0.1) is 23.0 Å². The van der Waals surface area contributed by atoms with Gasteiger partial charge in [-0.25, -0.2) is 0 Å². The van der Waals surface area contributed by atoms with Crippen molar-refractivity contribution in [3.05, 3.63) is 105 Å². The first-order valence-corrected chi connectivity index (χ1v) is 10.5. The summed E-state index contributed by atoms with van der Waals surface area (Å²) in [6.45, 7) is 4.10. The lowest BCUT2D eigenvalue weighted by atomic mass is 10.1. The van der Waals surface area contributed by atoms with Crippen molar-refractivity contribution in [1.29, 1.82) is 0 Å². The molecule has 150 valence electrons. The molecule has 1 aliphatic heterocycles. The Bertz CT molecular complexity index is 1180. The molecule has 3 aromatic rings. The van der Waals surface area contributed by atoms with Crippen LogP contribution in [0.1, 0.15) is 22.3 Å². The molecule has 0 aliphatic carbocycles. The minimum absolute atomic E-state index is 0.0345. The summed E-state index contributed by atoms with van der Waals surface area (Å²) in [5.74, 6) is 0.722. The number of nitrogens with zero attached hydrogens (tertiary/aromatic N) is 1. The second-order valence-corrected chi connectivity index (χ2v) is 8.17. The second-order valence-electron chi connectivity index (χ2n) is 7.32. The minimum Gasteiger partial charge on any atom is -0.496 e. The van der Waals surface area contributed by atoms with Crippen LogP contribution in [0.3, 0.4) is 0 Å². The number of anilines is 1. The monoisotopic (exact) mass is 459 g/mol. The van der Waals surface area contributed by atoms with Gasteiger partial charge in [0, 0.05) is 5.57 Å². The molecule has 0 spiro atoms. The molecule has 1 heterocycles. The van der Waals surface area contributed by atoms with E-state index in [1.807, 2.05) is 84.6 Å². The number of hydrogen-bond donors (Lipinski definition) is 0. The lowest BCUT2D eigenvalue weighted by Gasteiger charge is -2.23. The van der Waals surface area contributed by atoms with Crippen LogP contribution in [0.25, 0.3) is 11.8 Å². The normalized spacial score (nSPS) is 14.9. The van der Waals surface area contributed by atoms with Crippen molar-refractivity contribution in [3.8, 4) is 5.75 Å². The Labute approximate surface area is 185 Å². The average molecular weight is 460 g/mol. The number of benzene rings is 3. The van der Waals surface area contributed by atoms with Crippen LogP contribution >= 0.6 is 15.9 Å². The Balaban J connectivity index is 1.82. The standard InChI is InChI=1S/C26H22BrNO2/c1-17-9-11-23(18(2)13-17)28-24(20-7-5-4-6-8-20)16-21(26(28)29)14-19-10-12-25(30-3)22(27)15-19/h4-16H,1-3H3/b21-14+. The van der Waals surface area contributed by atoms with Gasteiger partial charge >= 0.3 is 0 Å². The SMILES string of the molecule is COc1ccc(/C=C2\C=C(c3ccccc3)N(c3ccc(C)cc3C)C2=O)cc1Br. The maximum Gasteiger partial charge on any atom is 0.262 e. The molecule has 3 aromatic carbocycles. The molecule has 1 amide bonds. The third-order valence-electron chi connectivity index (χ3n) is 5.14. The molecule has 30 heavy (non-hydrogen) atoms. The summed E-state index contributed by atoms with van der Waals surface area (Å²) in [6.07, 6.45) is 3.88. The summed E-state index contributed by atoms with van der Waals surface area (Å²) >= 11 is 3.52. The molecule has 0 saturated carbocycles. The number of carbonyl (C=O) groups is 1. The van der Waals surface area contributed by atoms with E-state index in [1.165, 1.54) is 5.56 Å². The van der Waals surface area contributed by atoms with E-state index >= 15 is 0 Å². The molecule has 0 unspecified atom stereocenters. The molecule has 0 saturated heterocycles. The van der Waals surface area contributed by atoms with Crippen LogP contribution in [0.5, 0.6) is 5.75 Å². The fourth-order valence-electron chi connectivity index (χ4n) is 3.68.